The number of nitrogens with zero attached hydrogens (tertiary/aromatic N) is 2. The fourth-order valence-electron chi connectivity index (χ4n) is 2.55. The average molecular weight is 389 g/mol. The van der Waals surface area contributed by atoms with E-state index in [9.17, 15) is 9.59 Å². The van der Waals surface area contributed by atoms with E-state index in [4.69, 9.17) is 4.74 Å². The van der Waals surface area contributed by atoms with Crippen LogP contribution in [0, 0.1) is 0 Å². The first-order valence-electron chi connectivity index (χ1n) is 7.55. The largest absolute Gasteiger partial charge is 0.482 e. The lowest BCUT2D eigenvalue weighted by Crippen LogP contribution is -2.45. The van der Waals surface area contributed by atoms with Crippen LogP contribution in [-0.4, -0.2) is 36.9 Å². The van der Waals surface area contributed by atoms with Crippen LogP contribution in [0.3, 0.4) is 0 Å². The number of likely N-dealkylation sites (N-methyl/N-ethyl adjacent to an activating group) is 1. The summed E-state index contributed by atoms with van der Waals surface area (Å²) in [6.45, 7) is 0.449. The molecule has 0 aliphatic carbocycles. The molecular formula is C18H17BrN2O3. The van der Waals surface area contributed by atoms with Crippen molar-refractivity contribution in [3.63, 3.8) is 0 Å². The van der Waals surface area contributed by atoms with Gasteiger partial charge in [-0.15, -0.1) is 0 Å². The molecule has 2 amide bonds. The molecule has 0 N–H and O–H groups in total. The first-order valence-corrected chi connectivity index (χ1v) is 8.34. The van der Waals surface area contributed by atoms with Crippen molar-refractivity contribution in [1.82, 2.24) is 4.90 Å². The van der Waals surface area contributed by atoms with Crippen molar-refractivity contribution >= 4 is 33.4 Å². The highest BCUT2D eigenvalue weighted by molar-refractivity contribution is 9.10. The highest BCUT2D eigenvalue weighted by atomic mass is 79.9. The van der Waals surface area contributed by atoms with Gasteiger partial charge in [0.2, 0.25) is 5.91 Å². The zero-order chi connectivity index (χ0) is 17.1. The van der Waals surface area contributed by atoms with E-state index in [0.717, 1.165) is 10.0 Å². The van der Waals surface area contributed by atoms with Crippen molar-refractivity contribution in [2.75, 3.05) is 25.1 Å². The van der Waals surface area contributed by atoms with Gasteiger partial charge in [0.15, 0.2) is 6.61 Å². The van der Waals surface area contributed by atoms with Crippen LogP contribution < -0.4 is 9.64 Å². The SMILES string of the molecule is CN(Cc1ccccc1)C(=O)CN1C(=O)COc2cc(Br)ccc21. The van der Waals surface area contributed by atoms with Crippen LogP contribution in [0.2, 0.25) is 0 Å². The minimum Gasteiger partial charge on any atom is -0.482 e. The number of hydrogen-bond donors (Lipinski definition) is 0. The molecule has 6 heteroatoms. The van der Waals surface area contributed by atoms with Gasteiger partial charge in [0, 0.05) is 18.1 Å². The maximum atomic E-state index is 12.5. The van der Waals surface area contributed by atoms with Crippen molar-refractivity contribution in [3.05, 3.63) is 58.6 Å². The summed E-state index contributed by atoms with van der Waals surface area (Å²) >= 11 is 3.38. The molecule has 2 aromatic rings. The lowest BCUT2D eigenvalue weighted by atomic mass is 10.2. The molecule has 0 atom stereocenters. The Labute approximate surface area is 148 Å². The molecule has 124 valence electrons. The maximum absolute atomic E-state index is 12.5. The Balaban J connectivity index is 1.73. The molecule has 1 heterocycles. The summed E-state index contributed by atoms with van der Waals surface area (Å²) < 4.78 is 6.30. The fraction of sp³-hybridized carbons (Fsp3) is 0.222. The summed E-state index contributed by atoms with van der Waals surface area (Å²) in [5.41, 5.74) is 1.67. The molecule has 3 rings (SSSR count). The molecule has 5 nitrogen and oxygen atoms in total. The number of amides is 2. The van der Waals surface area contributed by atoms with Crippen molar-refractivity contribution in [3.8, 4) is 5.75 Å². The van der Waals surface area contributed by atoms with Gasteiger partial charge >= 0.3 is 0 Å². The van der Waals surface area contributed by atoms with E-state index < -0.39 is 0 Å². The number of hydrogen-bond acceptors (Lipinski definition) is 3. The van der Waals surface area contributed by atoms with Crippen LogP contribution in [0.25, 0.3) is 0 Å². The van der Waals surface area contributed by atoms with Gasteiger partial charge in [0.25, 0.3) is 5.91 Å². The van der Waals surface area contributed by atoms with Gasteiger partial charge in [-0.25, -0.2) is 0 Å². The van der Waals surface area contributed by atoms with Crippen molar-refractivity contribution < 1.29 is 14.3 Å². The summed E-state index contributed by atoms with van der Waals surface area (Å²) in [6, 6.07) is 15.2. The standard InChI is InChI=1S/C18H17BrN2O3/c1-20(10-13-5-3-2-4-6-13)17(22)11-21-15-8-7-14(19)9-16(15)24-12-18(21)23/h2-9H,10-12H2,1H3. The quantitative estimate of drug-likeness (QED) is 0.808. The second-order valence-corrected chi connectivity index (χ2v) is 6.53. The Hall–Kier alpha value is -2.34. The number of ether oxygens (including phenoxy) is 1. The number of halogens is 1. The predicted molar refractivity (Wildman–Crippen MR) is 94.9 cm³/mol. The minimum absolute atomic E-state index is 0.000158. The molecule has 0 saturated heterocycles. The maximum Gasteiger partial charge on any atom is 0.265 e. The molecular weight excluding hydrogens is 372 g/mol. The van der Waals surface area contributed by atoms with Crippen molar-refractivity contribution in [1.29, 1.82) is 0 Å². The highest BCUT2D eigenvalue weighted by Crippen LogP contribution is 2.34. The number of fused-ring (bicyclic) bond motifs is 1. The second kappa shape index (κ2) is 7.05. The number of carbonyl (C=O) groups is 2. The highest BCUT2D eigenvalue weighted by Gasteiger charge is 2.28. The van der Waals surface area contributed by atoms with E-state index in [1.165, 1.54) is 4.90 Å². The first-order chi connectivity index (χ1) is 11.5. The van der Waals surface area contributed by atoms with Gasteiger partial charge in [-0.05, 0) is 23.8 Å². The predicted octanol–water partition coefficient (Wildman–Crippen LogP) is 2.83. The summed E-state index contributed by atoms with van der Waals surface area (Å²) in [5.74, 6) is 0.261. The Morgan fingerprint density at radius 3 is 2.75 bits per heavy atom. The van der Waals surface area contributed by atoms with Crippen LogP contribution in [0.15, 0.2) is 53.0 Å². The Morgan fingerprint density at radius 1 is 1.25 bits per heavy atom. The third-order valence-electron chi connectivity index (χ3n) is 3.85. The normalized spacial score (nSPS) is 13.2. The van der Waals surface area contributed by atoms with Crippen LogP contribution in [0.4, 0.5) is 5.69 Å². The third kappa shape index (κ3) is 3.59. The smallest absolute Gasteiger partial charge is 0.265 e. The van der Waals surface area contributed by atoms with E-state index in [-0.39, 0.29) is 25.0 Å². The van der Waals surface area contributed by atoms with Crippen LogP contribution >= 0.6 is 15.9 Å². The summed E-state index contributed by atoms with van der Waals surface area (Å²) in [5, 5.41) is 0. The van der Waals surface area contributed by atoms with Gasteiger partial charge in [-0.3, -0.25) is 14.5 Å². The molecule has 0 bridgehead atoms. The lowest BCUT2D eigenvalue weighted by Gasteiger charge is -2.30. The minimum atomic E-state index is -0.216. The van der Waals surface area contributed by atoms with Crippen LogP contribution in [0.5, 0.6) is 5.75 Å². The average Bonchev–Trinajstić information content (AvgIpc) is 2.58. The van der Waals surface area contributed by atoms with Gasteiger partial charge < -0.3 is 9.64 Å². The molecule has 0 spiro atoms. The summed E-state index contributed by atoms with van der Waals surface area (Å²) in [4.78, 5) is 27.8. The van der Waals surface area contributed by atoms with E-state index in [2.05, 4.69) is 15.9 Å². The Bertz CT molecular complexity index is 764. The third-order valence-corrected chi connectivity index (χ3v) is 4.34. The molecule has 0 fully saturated rings. The first kappa shape index (κ1) is 16.5. The van der Waals surface area contributed by atoms with Crippen LogP contribution in [0.1, 0.15) is 5.56 Å². The number of rotatable bonds is 4. The Kier molecular flexibility index (Phi) is 4.85. The van der Waals surface area contributed by atoms with Gasteiger partial charge in [-0.1, -0.05) is 46.3 Å². The monoisotopic (exact) mass is 388 g/mol. The second-order valence-electron chi connectivity index (χ2n) is 5.62. The molecule has 0 aromatic heterocycles. The molecule has 24 heavy (non-hydrogen) atoms. The zero-order valence-electron chi connectivity index (χ0n) is 13.2. The van der Waals surface area contributed by atoms with Crippen molar-refractivity contribution in [2.24, 2.45) is 0 Å². The topological polar surface area (TPSA) is 49.9 Å². The van der Waals surface area contributed by atoms with Gasteiger partial charge in [0.1, 0.15) is 12.3 Å². The van der Waals surface area contributed by atoms with Gasteiger partial charge in [0.05, 0.1) is 5.69 Å². The molecule has 0 unspecified atom stereocenters. The fourth-order valence-corrected chi connectivity index (χ4v) is 2.89. The zero-order valence-corrected chi connectivity index (χ0v) is 14.8. The lowest BCUT2D eigenvalue weighted by molar-refractivity contribution is -0.131. The number of benzene rings is 2. The summed E-state index contributed by atoms with van der Waals surface area (Å²) in [6.07, 6.45) is 0. The molecule has 0 saturated carbocycles. The molecule has 1 aliphatic rings. The molecule has 0 radical (unpaired) electrons. The van der Waals surface area contributed by atoms with Gasteiger partial charge in [-0.2, -0.15) is 0 Å². The van der Waals surface area contributed by atoms with E-state index in [0.29, 0.717) is 18.0 Å². The van der Waals surface area contributed by atoms with E-state index in [1.807, 2.05) is 36.4 Å². The Morgan fingerprint density at radius 2 is 2.00 bits per heavy atom. The van der Waals surface area contributed by atoms with Crippen LogP contribution in [-0.2, 0) is 16.1 Å². The van der Waals surface area contributed by atoms with E-state index >= 15 is 0 Å². The number of carbonyl (C=O) groups excluding carboxylic acids is 2. The number of anilines is 1. The van der Waals surface area contributed by atoms with Crippen molar-refractivity contribution in [2.45, 2.75) is 6.54 Å². The van der Waals surface area contributed by atoms with E-state index in [1.54, 1.807) is 24.1 Å². The molecule has 1 aliphatic heterocycles. The summed E-state index contributed by atoms with van der Waals surface area (Å²) in [7, 11) is 1.74. The molecule has 2 aromatic carbocycles.